The summed E-state index contributed by atoms with van der Waals surface area (Å²) in [5, 5.41) is 2.93. The van der Waals surface area contributed by atoms with Crippen molar-refractivity contribution in [3.8, 4) is 0 Å². The van der Waals surface area contributed by atoms with Crippen LogP contribution in [0, 0.1) is 6.92 Å². The molecule has 5 heteroatoms. The van der Waals surface area contributed by atoms with Crippen LogP contribution in [0.25, 0.3) is 0 Å². The summed E-state index contributed by atoms with van der Waals surface area (Å²) in [5.41, 5.74) is 3.72. The van der Waals surface area contributed by atoms with Crippen LogP contribution in [0.3, 0.4) is 0 Å². The van der Waals surface area contributed by atoms with E-state index in [0.717, 1.165) is 27.4 Å². The van der Waals surface area contributed by atoms with Gasteiger partial charge in [-0.25, -0.2) is 0 Å². The molecular weight excluding hydrogens is 380 g/mol. The lowest BCUT2D eigenvalue weighted by Crippen LogP contribution is -2.38. The Hall–Kier alpha value is -3.05. The van der Waals surface area contributed by atoms with Crippen LogP contribution in [-0.4, -0.2) is 18.4 Å². The minimum atomic E-state index is -0.207. The van der Waals surface area contributed by atoms with Crippen LogP contribution in [0.15, 0.2) is 83.8 Å². The van der Waals surface area contributed by atoms with Crippen LogP contribution >= 0.6 is 11.8 Å². The van der Waals surface area contributed by atoms with Crippen molar-refractivity contribution >= 4 is 35.0 Å². The number of nitrogens with zero attached hydrogens (tertiary/aromatic N) is 1. The zero-order chi connectivity index (χ0) is 20.2. The molecule has 0 spiro atoms. The van der Waals surface area contributed by atoms with E-state index in [0.29, 0.717) is 6.42 Å². The molecule has 1 atom stereocenters. The predicted octanol–water partition coefficient (Wildman–Crippen LogP) is 5.20. The summed E-state index contributed by atoms with van der Waals surface area (Å²) < 4.78 is 0. The number of carbonyl (C=O) groups excluding carboxylic acids is 2. The van der Waals surface area contributed by atoms with Crippen molar-refractivity contribution in [2.45, 2.75) is 23.5 Å². The number of benzene rings is 3. The van der Waals surface area contributed by atoms with Crippen LogP contribution in [0.4, 0.5) is 11.4 Å². The molecule has 3 aromatic rings. The van der Waals surface area contributed by atoms with Crippen LogP contribution in [0.2, 0.25) is 0 Å². The summed E-state index contributed by atoms with van der Waals surface area (Å²) >= 11 is 1.68. The molecule has 0 unspecified atom stereocenters. The van der Waals surface area contributed by atoms with Crippen molar-refractivity contribution in [3.63, 3.8) is 0 Å². The molecule has 29 heavy (non-hydrogen) atoms. The molecule has 0 bridgehead atoms. The third kappa shape index (κ3) is 4.51. The van der Waals surface area contributed by atoms with E-state index in [1.54, 1.807) is 16.7 Å². The zero-order valence-electron chi connectivity index (χ0n) is 16.2. The lowest BCUT2D eigenvalue weighted by atomic mass is 10.1. The first-order valence-corrected chi connectivity index (χ1v) is 10.5. The quantitative estimate of drug-likeness (QED) is 0.652. The molecule has 1 N–H and O–H groups in total. The Morgan fingerprint density at radius 1 is 1.03 bits per heavy atom. The minimum absolute atomic E-state index is 0.00808. The molecule has 4 nitrogen and oxygen atoms in total. The summed E-state index contributed by atoms with van der Waals surface area (Å²) in [7, 11) is 0. The van der Waals surface area contributed by atoms with Gasteiger partial charge in [0.2, 0.25) is 11.8 Å². The molecule has 0 fully saturated rings. The van der Waals surface area contributed by atoms with E-state index in [9.17, 15) is 9.59 Å². The number of nitrogens with one attached hydrogen (secondary N) is 1. The molecule has 1 heterocycles. The molecule has 0 aromatic heterocycles. The zero-order valence-corrected chi connectivity index (χ0v) is 17.0. The van der Waals surface area contributed by atoms with E-state index >= 15 is 0 Å². The number of amides is 2. The van der Waals surface area contributed by atoms with Gasteiger partial charge in [0.25, 0.3) is 0 Å². The minimum Gasteiger partial charge on any atom is -0.325 e. The molecule has 0 saturated carbocycles. The van der Waals surface area contributed by atoms with Crippen LogP contribution in [0.5, 0.6) is 0 Å². The Morgan fingerprint density at radius 2 is 1.79 bits per heavy atom. The largest absolute Gasteiger partial charge is 0.325 e. The van der Waals surface area contributed by atoms with Crippen molar-refractivity contribution in [2.75, 3.05) is 16.8 Å². The number of thioether (sulfide) groups is 1. The van der Waals surface area contributed by atoms with Gasteiger partial charge in [-0.1, -0.05) is 54.6 Å². The van der Waals surface area contributed by atoms with E-state index in [4.69, 9.17) is 0 Å². The number of hydrogen-bond donors (Lipinski definition) is 1. The van der Waals surface area contributed by atoms with Crippen molar-refractivity contribution < 1.29 is 9.59 Å². The Bertz CT molecular complexity index is 1040. The number of rotatable bonds is 4. The normalized spacial score (nSPS) is 16.1. The molecular formula is C24H22N2O2S. The number of carbonyl (C=O) groups is 2. The van der Waals surface area contributed by atoms with Gasteiger partial charge in [0.05, 0.1) is 5.69 Å². The Morgan fingerprint density at radius 3 is 2.59 bits per heavy atom. The standard InChI is InChI=1S/C24H22N2O2S/c1-17-8-7-11-19(14-17)25-23(27)16-26-20-12-5-6-13-21(20)29-22(15-24(26)28)18-9-3-2-4-10-18/h2-14,22H,15-16H2,1H3,(H,25,27)/t22-/m0/s1. The molecule has 4 rings (SSSR count). The second-order valence-corrected chi connectivity index (χ2v) is 8.33. The molecule has 0 radical (unpaired) electrons. The molecule has 0 aliphatic carbocycles. The second kappa shape index (κ2) is 8.53. The molecule has 3 aromatic carbocycles. The second-order valence-electron chi connectivity index (χ2n) is 7.09. The highest BCUT2D eigenvalue weighted by Crippen LogP contribution is 2.45. The Kier molecular flexibility index (Phi) is 5.67. The van der Waals surface area contributed by atoms with Crippen molar-refractivity contribution in [2.24, 2.45) is 0 Å². The van der Waals surface area contributed by atoms with Gasteiger partial charge in [0.15, 0.2) is 0 Å². The number of anilines is 2. The van der Waals surface area contributed by atoms with Crippen molar-refractivity contribution in [1.29, 1.82) is 0 Å². The summed E-state index contributed by atoms with van der Waals surface area (Å²) in [6, 6.07) is 25.5. The first-order chi connectivity index (χ1) is 14.1. The van der Waals surface area contributed by atoms with E-state index in [2.05, 4.69) is 5.32 Å². The van der Waals surface area contributed by atoms with Gasteiger partial charge >= 0.3 is 0 Å². The highest BCUT2D eigenvalue weighted by atomic mass is 32.2. The van der Waals surface area contributed by atoms with Gasteiger partial charge in [-0.3, -0.25) is 9.59 Å². The molecule has 146 valence electrons. The molecule has 1 aliphatic rings. The first-order valence-electron chi connectivity index (χ1n) is 9.57. The van der Waals surface area contributed by atoms with Gasteiger partial charge in [0, 0.05) is 22.3 Å². The predicted molar refractivity (Wildman–Crippen MR) is 118 cm³/mol. The maximum absolute atomic E-state index is 13.1. The first kappa shape index (κ1) is 19.3. The van der Waals surface area contributed by atoms with Crippen molar-refractivity contribution in [1.82, 2.24) is 0 Å². The average molecular weight is 403 g/mol. The van der Waals surface area contributed by atoms with Gasteiger partial charge < -0.3 is 10.2 Å². The fraction of sp³-hybridized carbons (Fsp3) is 0.167. The average Bonchev–Trinajstić information content (AvgIpc) is 2.85. The Balaban J connectivity index is 1.58. The maximum atomic E-state index is 13.1. The summed E-state index contributed by atoms with van der Waals surface area (Å²) in [4.78, 5) is 28.5. The van der Waals surface area contributed by atoms with E-state index in [1.165, 1.54) is 0 Å². The van der Waals surface area contributed by atoms with Crippen LogP contribution < -0.4 is 10.2 Å². The number of para-hydroxylation sites is 1. The smallest absolute Gasteiger partial charge is 0.244 e. The Labute approximate surface area is 174 Å². The van der Waals surface area contributed by atoms with Crippen LogP contribution in [0.1, 0.15) is 22.8 Å². The lowest BCUT2D eigenvalue weighted by molar-refractivity contribution is -0.121. The maximum Gasteiger partial charge on any atom is 0.244 e. The summed E-state index contributed by atoms with van der Waals surface area (Å²) in [5.74, 6) is -0.252. The fourth-order valence-electron chi connectivity index (χ4n) is 3.47. The van der Waals surface area contributed by atoms with Crippen LogP contribution in [-0.2, 0) is 9.59 Å². The molecule has 0 saturated heterocycles. The number of aryl methyl sites for hydroxylation is 1. The fourth-order valence-corrected chi connectivity index (χ4v) is 4.75. The third-order valence-electron chi connectivity index (χ3n) is 4.86. The highest BCUT2D eigenvalue weighted by Gasteiger charge is 2.30. The third-order valence-corrected chi connectivity index (χ3v) is 6.18. The monoisotopic (exact) mass is 402 g/mol. The molecule has 1 aliphatic heterocycles. The van der Waals surface area contributed by atoms with Crippen molar-refractivity contribution in [3.05, 3.63) is 90.0 Å². The van der Waals surface area contributed by atoms with Gasteiger partial charge in [-0.15, -0.1) is 11.8 Å². The van der Waals surface area contributed by atoms with E-state index in [-0.39, 0.29) is 23.6 Å². The highest BCUT2D eigenvalue weighted by molar-refractivity contribution is 7.99. The van der Waals surface area contributed by atoms with E-state index in [1.807, 2.05) is 85.8 Å². The number of fused-ring (bicyclic) bond motifs is 1. The number of hydrogen-bond acceptors (Lipinski definition) is 3. The van der Waals surface area contributed by atoms with Gasteiger partial charge in [-0.05, 0) is 42.3 Å². The molecule has 2 amide bonds. The summed E-state index contributed by atoms with van der Waals surface area (Å²) in [6.07, 6.45) is 0.348. The lowest BCUT2D eigenvalue weighted by Gasteiger charge is -2.22. The van der Waals surface area contributed by atoms with E-state index < -0.39 is 0 Å². The summed E-state index contributed by atoms with van der Waals surface area (Å²) in [6.45, 7) is 1.97. The van der Waals surface area contributed by atoms with Gasteiger partial charge in [-0.2, -0.15) is 0 Å². The SMILES string of the molecule is Cc1cccc(NC(=O)CN2C(=O)C[C@@H](c3ccccc3)Sc3ccccc32)c1. The van der Waals surface area contributed by atoms with Gasteiger partial charge in [0.1, 0.15) is 6.54 Å². The topological polar surface area (TPSA) is 49.4 Å².